The Morgan fingerprint density at radius 3 is 2.57 bits per heavy atom. The number of ether oxygens (including phenoxy) is 2. The van der Waals surface area contributed by atoms with Crippen LogP contribution in [-0.2, 0) is 17.8 Å². The molecule has 0 spiro atoms. The molecule has 2 N–H and O–H groups in total. The summed E-state index contributed by atoms with van der Waals surface area (Å²) in [6, 6.07) is 15.7. The van der Waals surface area contributed by atoms with Crippen LogP contribution in [0.5, 0.6) is 5.75 Å². The second-order valence-electron chi connectivity index (χ2n) is 5.01. The van der Waals surface area contributed by atoms with Crippen LogP contribution in [0.15, 0.2) is 48.5 Å². The van der Waals surface area contributed by atoms with Crippen LogP contribution in [0.25, 0.3) is 0 Å². The van der Waals surface area contributed by atoms with Gasteiger partial charge in [-0.3, -0.25) is 0 Å². The molecule has 4 heteroatoms. The van der Waals surface area contributed by atoms with Crippen molar-refractivity contribution in [3.8, 4) is 5.75 Å². The smallest absolute Gasteiger partial charge is 0.189 e. The van der Waals surface area contributed by atoms with Crippen LogP contribution in [0.3, 0.4) is 0 Å². The van der Waals surface area contributed by atoms with Crippen molar-refractivity contribution in [2.75, 3.05) is 6.79 Å². The molecule has 2 aromatic rings. The lowest BCUT2D eigenvalue weighted by atomic mass is 10.1. The van der Waals surface area contributed by atoms with Gasteiger partial charge < -0.3 is 15.2 Å². The predicted octanol–water partition coefficient (Wildman–Crippen LogP) is 3.78. The fourth-order valence-electron chi connectivity index (χ4n) is 2.06. The van der Waals surface area contributed by atoms with Crippen molar-refractivity contribution in [3.05, 3.63) is 64.7 Å². The van der Waals surface area contributed by atoms with Crippen molar-refractivity contribution in [2.24, 2.45) is 5.73 Å². The molecule has 1 atom stereocenters. The van der Waals surface area contributed by atoms with Gasteiger partial charge in [-0.15, -0.1) is 0 Å². The molecule has 1 unspecified atom stereocenters. The Kier molecular flexibility index (Phi) is 6.05. The molecule has 2 aromatic carbocycles. The fraction of sp³-hybridized carbons (Fsp3) is 0.294. The summed E-state index contributed by atoms with van der Waals surface area (Å²) in [5.41, 5.74) is 7.95. The van der Waals surface area contributed by atoms with Crippen molar-refractivity contribution in [1.29, 1.82) is 0 Å². The molecule has 0 aliphatic rings. The van der Waals surface area contributed by atoms with Crippen LogP contribution in [0, 0.1) is 0 Å². The highest BCUT2D eigenvalue weighted by Crippen LogP contribution is 2.29. The molecule has 21 heavy (non-hydrogen) atoms. The van der Waals surface area contributed by atoms with E-state index in [-0.39, 0.29) is 12.8 Å². The Morgan fingerprint density at radius 2 is 1.86 bits per heavy atom. The van der Waals surface area contributed by atoms with Crippen molar-refractivity contribution in [3.63, 3.8) is 0 Å². The van der Waals surface area contributed by atoms with Gasteiger partial charge in [0.1, 0.15) is 5.75 Å². The minimum Gasteiger partial charge on any atom is -0.466 e. The third kappa shape index (κ3) is 5.05. The molecule has 3 nitrogen and oxygen atoms in total. The van der Waals surface area contributed by atoms with E-state index in [0.717, 1.165) is 11.1 Å². The first-order valence-corrected chi connectivity index (χ1v) is 7.32. The van der Waals surface area contributed by atoms with Gasteiger partial charge in [0.15, 0.2) is 6.79 Å². The summed E-state index contributed by atoms with van der Waals surface area (Å²) in [7, 11) is 0. The first-order chi connectivity index (χ1) is 10.2. The Hall–Kier alpha value is -1.55. The Balaban J connectivity index is 1.90. The van der Waals surface area contributed by atoms with Gasteiger partial charge in [-0.1, -0.05) is 54.1 Å². The summed E-state index contributed by atoms with van der Waals surface area (Å²) in [5, 5.41) is 0.580. The lowest BCUT2D eigenvalue weighted by molar-refractivity contribution is 0.00456. The van der Waals surface area contributed by atoms with E-state index in [2.05, 4.69) is 0 Å². The molecule has 0 bridgehead atoms. The average molecular weight is 306 g/mol. The van der Waals surface area contributed by atoms with Gasteiger partial charge in [-0.2, -0.15) is 0 Å². The molecule has 0 fully saturated rings. The molecule has 0 radical (unpaired) electrons. The zero-order chi connectivity index (χ0) is 15.1. The SMILES string of the molecule is CC(N)Cc1cccc(Cl)c1OCOCc1ccccc1. The molecule has 2 rings (SSSR count). The van der Waals surface area contributed by atoms with E-state index in [4.69, 9.17) is 26.8 Å². The number of nitrogens with two attached hydrogens (primary N) is 1. The minimum absolute atomic E-state index is 0.0519. The third-order valence-corrected chi connectivity index (χ3v) is 3.29. The monoisotopic (exact) mass is 305 g/mol. The highest BCUT2D eigenvalue weighted by molar-refractivity contribution is 6.32. The Bertz CT molecular complexity index is 558. The molecule has 0 saturated heterocycles. The van der Waals surface area contributed by atoms with E-state index >= 15 is 0 Å². The van der Waals surface area contributed by atoms with Crippen LogP contribution in [0.2, 0.25) is 5.02 Å². The topological polar surface area (TPSA) is 44.5 Å². The highest BCUT2D eigenvalue weighted by atomic mass is 35.5. The maximum Gasteiger partial charge on any atom is 0.189 e. The van der Waals surface area contributed by atoms with E-state index < -0.39 is 0 Å². The van der Waals surface area contributed by atoms with Crippen molar-refractivity contribution >= 4 is 11.6 Å². The largest absolute Gasteiger partial charge is 0.466 e. The lowest BCUT2D eigenvalue weighted by Gasteiger charge is -2.14. The zero-order valence-corrected chi connectivity index (χ0v) is 12.8. The van der Waals surface area contributed by atoms with Gasteiger partial charge in [-0.25, -0.2) is 0 Å². The molecule has 0 saturated carbocycles. The number of hydrogen-bond acceptors (Lipinski definition) is 3. The van der Waals surface area contributed by atoms with E-state index in [9.17, 15) is 0 Å². The second-order valence-corrected chi connectivity index (χ2v) is 5.41. The summed E-state index contributed by atoms with van der Waals surface area (Å²) >= 11 is 6.19. The van der Waals surface area contributed by atoms with Crippen LogP contribution in [0.4, 0.5) is 0 Å². The van der Waals surface area contributed by atoms with Gasteiger partial charge in [0.2, 0.25) is 0 Å². The molecule has 0 aliphatic heterocycles. The lowest BCUT2D eigenvalue weighted by Crippen LogP contribution is -2.18. The number of hydrogen-bond donors (Lipinski definition) is 1. The van der Waals surface area contributed by atoms with Crippen LogP contribution in [-0.4, -0.2) is 12.8 Å². The van der Waals surface area contributed by atoms with E-state index in [1.807, 2.05) is 49.4 Å². The van der Waals surface area contributed by atoms with Crippen molar-refractivity contribution in [2.45, 2.75) is 26.0 Å². The summed E-state index contributed by atoms with van der Waals surface area (Å²) in [6.07, 6.45) is 0.717. The summed E-state index contributed by atoms with van der Waals surface area (Å²) in [5.74, 6) is 0.657. The first kappa shape index (κ1) is 15.8. The molecule has 0 aliphatic carbocycles. The first-order valence-electron chi connectivity index (χ1n) is 6.94. The minimum atomic E-state index is 0.0519. The number of rotatable bonds is 7. The average Bonchev–Trinajstić information content (AvgIpc) is 2.46. The maximum absolute atomic E-state index is 6.19. The van der Waals surface area contributed by atoms with Crippen LogP contribution >= 0.6 is 11.6 Å². The number of benzene rings is 2. The fourth-order valence-corrected chi connectivity index (χ4v) is 2.31. The number of halogens is 1. The van der Waals surface area contributed by atoms with Crippen LogP contribution in [0.1, 0.15) is 18.1 Å². The third-order valence-electron chi connectivity index (χ3n) is 2.99. The zero-order valence-electron chi connectivity index (χ0n) is 12.1. The Morgan fingerprint density at radius 1 is 1.10 bits per heavy atom. The summed E-state index contributed by atoms with van der Waals surface area (Å²) < 4.78 is 11.2. The molecule has 0 amide bonds. The van der Waals surface area contributed by atoms with Crippen LogP contribution < -0.4 is 10.5 Å². The van der Waals surface area contributed by atoms with E-state index in [1.165, 1.54) is 0 Å². The molecular weight excluding hydrogens is 286 g/mol. The molecule has 112 valence electrons. The second kappa shape index (κ2) is 8.03. The van der Waals surface area contributed by atoms with Gasteiger partial charge in [-0.05, 0) is 30.5 Å². The maximum atomic E-state index is 6.19. The highest BCUT2D eigenvalue weighted by Gasteiger charge is 2.10. The van der Waals surface area contributed by atoms with E-state index in [1.54, 1.807) is 6.07 Å². The molecular formula is C17H20ClNO2. The van der Waals surface area contributed by atoms with E-state index in [0.29, 0.717) is 23.8 Å². The molecule has 0 aromatic heterocycles. The van der Waals surface area contributed by atoms with Gasteiger partial charge in [0.25, 0.3) is 0 Å². The van der Waals surface area contributed by atoms with Gasteiger partial charge in [0, 0.05) is 6.04 Å². The quantitative estimate of drug-likeness (QED) is 0.625. The standard InChI is InChI=1S/C17H20ClNO2/c1-13(19)10-15-8-5-9-16(18)17(15)21-12-20-11-14-6-3-2-4-7-14/h2-9,13H,10-12,19H2,1H3. The Labute approximate surface area is 130 Å². The van der Waals surface area contributed by atoms with Crippen molar-refractivity contribution < 1.29 is 9.47 Å². The number of para-hydroxylation sites is 1. The normalized spacial score (nSPS) is 12.1. The van der Waals surface area contributed by atoms with Gasteiger partial charge in [0.05, 0.1) is 11.6 Å². The van der Waals surface area contributed by atoms with Crippen molar-refractivity contribution in [1.82, 2.24) is 0 Å². The van der Waals surface area contributed by atoms with Gasteiger partial charge >= 0.3 is 0 Å². The molecule has 0 heterocycles. The summed E-state index contributed by atoms with van der Waals surface area (Å²) in [4.78, 5) is 0. The predicted molar refractivity (Wildman–Crippen MR) is 85.5 cm³/mol. The summed E-state index contributed by atoms with van der Waals surface area (Å²) in [6.45, 7) is 2.62.